The normalized spacial score (nSPS) is 20.2. The molecule has 1 N–H and O–H groups in total. The van der Waals surface area contributed by atoms with Crippen LogP contribution >= 0.6 is 11.6 Å². The summed E-state index contributed by atoms with van der Waals surface area (Å²) in [5.74, 6) is 0.799. The second-order valence-corrected chi connectivity index (χ2v) is 5.43. The fourth-order valence-corrected chi connectivity index (χ4v) is 2.84. The Bertz CT molecular complexity index is 579. The van der Waals surface area contributed by atoms with Crippen molar-refractivity contribution in [1.29, 1.82) is 5.26 Å². The first-order chi connectivity index (χ1) is 9.67. The van der Waals surface area contributed by atoms with Crippen LogP contribution in [0, 0.1) is 11.3 Å². The van der Waals surface area contributed by atoms with Crippen molar-refractivity contribution in [3.8, 4) is 6.07 Å². The molecule has 0 spiro atoms. The molecule has 6 nitrogen and oxygen atoms in total. The summed E-state index contributed by atoms with van der Waals surface area (Å²) in [7, 11) is 0. The number of pyridine rings is 1. The second-order valence-electron chi connectivity index (χ2n) is 5.02. The molecule has 20 heavy (non-hydrogen) atoms. The highest BCUT2D eigenvalue weighted by molar-refractivity contribution is 6.33. The van der Waals surface area contributed by atoms with Crippen molar-refractivity contribution in [1.82, 2.24) is 15.2 Å². The third kappa shape index (κ3) is 2.42. The zero-order valence-corrected chi connectivity index (χ0v) is 11.6. The first kappa shape index (κ1) is 13.2. The van der Waals surface area contributed by atoms with Crippen molar-refractivity contribution in [2.45, 2.75) is 6.04 Å². The minimum atomic E-state index is 0.0873. The maximum Gasteiger partial charge on any atom is 0.234 e. The summed E-state index contributed by atoms with van der Waals surface area (Å²) in [5.41, 5.74) is 0.462. The van der Waals surface area contributed by atoms with E-state index in [1.54, 1.807) is 6.07 Å². The van der Waals surface area contributed by atoms with E-state index in [9.17, 15) is 4.79 Å². The van der Waals surface area contributed by atoms with E-state index in [1.807, 2.05) is 6.07 Å². The highest BCUT2D eigenvalue weighted by Crippen LogP contribution is 2.29. The number of nitrogens with zero attached hydrogens (tertiary/aromatic N) is 4. The van der Waals surface area contributed by atoms with Crippen LogP contribution in [0.2, 0.25) is 5.02 Å². The Morgan fingerprint density at radius 2 is 2.30 bits per heavy atom. The number of rotatable bonds is 2. The summed E-state index contributed by atoms with van der Waals surface area (Å²) in [6.45, 7) is 3.69. The van der Waals surface area contributed by atoms with Crippen molar-refractivity contribution < 1.29 is 4.79 Å². The third-order valence-electron chi connectivity index (χ3n) is 3.70. The van der Waals surface area contributed by atoms with Crippen LogP contribution in [0.1, 0.15) is 5.56 Å². The molecule has 104 valence electrons. The van der Waals surface area contributed by atoms with Gasteiger partial charge in [0, 0.05) is 38.4 Å². The van der Waals surface area contributed by atoms with Gasteiger partial charge in [-0.3, -0.25) is 9.69 Å². The third-order valence-corrected chi connectivity index (χ3v) is 3.98. The minimum absolute atomic E-state index is 0.0873. The quantitative estimate of drug-likeness (QED) is 0.844. The van der Waals surface area contributed by atoms with E-state index in [4.69, 9.17) is 16.9 Å². The van der Waals surface area contributed by atoms with Gasteiger partial charge in [-0.15, -0.1) is 0 Å². The van der Waals surface area contributed by atoms with Crippen LogP contribution in [0.25, 0.3) is 0 Å². The summed E-state index contributed by atoms with van der Waals surface area (Å²) >= 11 is 6.14. The van der Waals surface area contributed by atoms with Crippen LogP contribution in [0.4, 0.5) is 5.82 Å². The Hall–Kier alpha value is -1.84. The Morgan fingerprint density at radius 1 is 1.50 bits per heavy atom. The zero-order valence-electron chi connectivity index (χ0n) is 10.8. The number of halogens is 1. The summed E-state index contributed by atoms with van der Waals surface area (Å²) in [4.78, 5) is 19.9. The molecule has 0 atom stereocenters. The lowest BCUT2D eigenvalue weighted by atomic mass is 10.1. The van der Waals surface area contributed by atoms with Crippen molar-refractivity contribution in [2.75, 3.05) is 37.6 Å². The summed E-state index contributed by atoms with van der Waals surface area (Å²) in [5, 5.41) is 12.1. The van der Waals surface area contributed by atoms with E-state index in [1.165, 1.54) is 6.20 Å². The van der Waals surface area contributed by atoms with Gasteiger partial charge in [-0.1, -0.05) is 11.6 Å². The van der Waals surface area contributed by atoms with E-state index in [2.05, 4.69) is 20.1 Å². The molecule has 0 unspecified atom stereocenters. The number of carbonyl (C=O) groups is 1. The highest BCUT2D eigenvalue weighted by Gasteiger charge is 2.35. The van der Waals surface area contributed by atoms with Crippen molar-refractivity contribution >= 4 is 23.3 Å². The largest absolute Gasteiger partial charge is 0.354 e. The lowest BCUT2D eigenvalue weighted by Gasteiger charge is -2.47. The molecule has 2 aliphatic heterocycles. The lowest BCUT2D eigenvalue weighted by molar-refractivity contribution is -0.125. The molecule has 0 bridgehead atoms. The number of nitrogens with one attached hydrogen (secondary N) is 1. The summed E-state index contributed by atoms with van der Waals surface area (Å²) in [6, 6.07) is 4.02. The molecule has 0 saturated carbocycles. The number of nitriles is 1. The Kier molecular flexibility index (Phi) is 3.47. The Balaban J connectivity index is 1.63. The molecule has 1 aromatic rings. The van der Waals surface area contributed by atoms with Crippen molar-refractivity contribution in [2.24, 2.45) is 0 Å². The molecule has 2 fully saturated rings. The molecule has 7 heteroatoms. The van der Waals surface area contributed by atoms with Crippen LogP contribution in [0.5, 0.6) is 0 Å². The fourth-order valence-electron chi connectivity index (χ4n) is 2.55. The number of hydrogen-bond acceptors (Lipinski definition) is 5. The van der Waals surface area contributed by atoms with Gasteiger partial charge >= 0.3 is 0 Å². The molecule has 0 aliphatic carbocycles. The fraction of sp³-hybridized carbons (Fsp3) is 0.462. The predicted octanol–water partition coefficient (Wildman–Crippen LogP) is 0.227. The molecular weight excluding hydrogens is 278 g/mol. The van der Waals surface area contributed by atoms with Crippen LogP contribution in [-0.2, 0) is 4.79 Å². The second kappa shape index (κ2) is 5.27. The van der Waals surface area contributed by atoms with E-state index in [0.717, 1.165) is 19.6 Å². The van der Waals surface area contributed by atoms with E-state index in [-0.39, 0.29) is 5.91 Å². The number of carbonyl (C=O) groups excluding carboxylic acids is 1. The van der Waals surface area contributed by atoms with E-state index >= 15 is 0 Å². The lowest BCUT2D eigenvalue weighted by Crippen LogP contribution is -2.64. The van der Waals surface area contributed by atoms with Crippen molar-refractivity contribution in [3.05, 3.63) is 22.8 Å². The molecule has 2 aliphatic rings. The number of amides is 1. The van der Waals surface area contributed by atoms with Crippen LogP contribution in [0.15, 0.2) is 12.3 Å². The first-order valence-electron chi connectivity index (χ1n) is 6.48. The minimum Gasteiger partial charge on any atom is -0.354 e. The zero-order chi connectivity index (χ0) is 14.1. The van der Waals surface area contributed by atoms with Crippen LogP contribution < -0.4 is 10.2 Å². The molecule has 1 aromatic heterocycles. The van der Waals surface area contributed by atoms with Crippen LogP contribution in [-0.4, -0.2) is 54.6 Å². The number of anilines is 1. The van der Waals surface area contributed by atoms with Gasteiger partial charge in [0.1, 0.15) is 11.9 Å². The Labute approximate surface area is 121 Å². The first-order valence-corrected chi connectivity index (χ1v) is 6.86. The smallest absolute Gasteiger partial charge is 0.234 e. The molecular formula is C13H14ClN5O. The van der Waals surface area contributed by atoms with Crippen LogP contribution in [0.3, 0.4) is 0 Å². The SMILES string of the molecule is N#Cc1cnc(N2CC(N3CCNC(=O)C3)C2)c(Cl)c1. The van der Waals surface area contributed by atoms with E-state index in [0.29, 0.717) is 35.5 Å². The highest BCUT2D eigenvalue weighted by atomic mass is 35.5. The van der Waals surface area contributed by atoms with Gasteiger partial charge in [0.25, 0.3) is 0 Å². The average Bonchev–Trinajstić information content (AvgIpc) is 2.39. The summed E-state index contributed by atoms with van der Waals surface area (Å²) < 4.78 is 0. The molecule has 2 saturated heterocycles. The van der Waals surface area contributed by atoms with Gasteiger partial charge in [-0.2, -0.15) is 5.26 Å². The standard InChI is InChI=1S/C13H14ClN5O/c14-11-3-9(4-15)5-17-13(11)19-6-10(7-19)18-2-1-16-12(20)8-18/h3,5,10H,1-2,6-8H2,(H,16,20). The van der Waals surface area contributed by atoms with Gasteiger partial charge in [-0.05, 0) is 6.07 Å². The number of aromatic nitrogens is 1. The predicted molar refractivity (Wildman–Crippen MR) is 74.5 cm³/mol. The molecule has 1 amide bonds. The maximum atomic E-state index is 11.4. The maximum absolute atomic E-state index is 11.4. The molecule has 0 aromatic carbocycles. The molecule has 0 radical (unpaired) electrons. The topological polar surface area (TPSA) is 72.3 Å². The van der Waals surface area contributed by atoms with Gasteiger partial charge in [0.05, 0.1) is 17.1 Å². The number of piperazine rings is 1. The van der Waals surface area contributed by atoms with Crippen molar-refractivity contribution in [3.63, 3.8) is 0 Å². The van der Waals surface area contributed by atoms with Gasteiger partial charge in [0.2, 0.25) is 5.91 Å². The summed E-state index contributed by atoms with van der Waals surface area (Å²) in [6.07, 6.45) is 1.53. The average molecular weight is 292 g/mol. The van der Waals surface area contributed by atoms with Gasteiger partial charge in [-0.25, -0.2) is 4.98 Å². The molecule has 3 rings (SSSR count). The number of hydrogen-bond donors (Lipinski definition) is 1. The van der Waals surface area contributed by atoms with Gasteiger partial charge < -0.3 is 10.2 Å². The van der Waals surface area contributed by atoms with E-state index < -0.39 is 0 Å². The van der Waals surface area contributed by atoms with Gasteiger partial charge in [0.15, 0.2) is 0 Å². The Morgan fingerprint density at radius 3 is 2.95 bits per heavy atom. The molecule has 3 heterocycles. The monoisotopic (exact) mass is 291 g/mol.